The lowest BCUT2D eigenvalue weighted by Gasteiger charge is -2.07. The third-order valence-corrected chi connectivity index (χ3v) is 4.83. The standard InChI is InChI=1S/C25H17ClN2O3/c26-22-13-11-18(12-14-22)25(30)31-23-8-4-3-7-21(23)16-27-28-24(29)20-10-9-17-5-1-2-6-19(17)15-20/h1-16H,(H,28,29)/b27-16-. The van der Waals surface area contributed by atoms with Crippen LogP contribution in [-0.4, -0.2) is 18.1 Å². The predicted octanol–water partition coefficient (Wildman–Crippen LogP) is 5.48. The van der Waals surface area contributed by atoms with Crippen molar-refractivity contribution in [2.24, 2.45) is 5.10 Å². The molecule has 0 fully saturated rings. The van der Waals surface area contributed by atoms with E-state index in [-0.39, 0.29) is 5.91 Å². The van der Waals surface area contributed by atoms with Crippen LogP contribution in [0.15, 0.2) is 96.1 Å². The molecule has 1 N–H and O–H groups in total. The molecule has 0 aliphatic heterocycles. The molecule has 0 saturated carbocycles. The fourth-order valence-electron chi connectivity index (χ4n) is 2.98. The first-order valence-electron chi connectivity index (χ1n) is 9.49. The Hall–Kier alpha value is -3.96. The summed E-state index contributed by atoms with van der Waals surface area (Å²) in [6.45, 7) is 0. The number of rotatable bonds is 5. The van der Waals surface area contributed by atoms with Crippen molar-refractivity contribution >= 4 is 40.5 Å². The number of fused-ring (bicyclic) bond motifs is 1. The number of halogens is 1. The lowest BCUT2D eigenvalue weighted by Crippen LogP contribution is -2.17. The molecule has 0 spiro atoms. The Morgan fingerprint density at radius 2 is 1.48 bits per heavy atom. The van der Waals surface area contributed by atoms with Gasteiger partial charge in [0.2, 0.25) is 0 Å². The van der Waals surface area contributed by atoms with Gasteiger partial charge in [0, 0.05) is 16.1 Å². The van der Waals surface area contributed by atoms with Crippen molar-refractivity contribution in [2.75, 3.05) is 0 Å². The van der Waals surface area contributed by atoms with E-state index < -0.39 is 5.97 Å². The molecule has 4 aromatic carbocycles. The fraction of sp³-hybridized carbons (Fsp3) is 0. The van der Waals surface area contributed by atoms with Crippen molar-refractivity contribution in [3.8, 4) is 5.75 Å². The molecule has 0 saturated heterocycles. The highest BCUT2D eigenvalue weighted by Gasteiger charge is 2.11. The van der Waals surface area contributed by atoms with Crippen molar-refractivity contribution in [1.29, 1.82) is 0 Å². The Morgan fingerprint density at radius 1 is 0.806 bits per heavy atom. The number of hydrogen-bond acceptors (Lipinski definition) is 4. The highest BCUT2D eigenvalue weighted by molar-refractivity contribution is 6.30. The summed E-state index contributed by atoms with van der Waals surface area (Å²) in [5, 5.41) is 6.58. The molecule has 4 aromatic rings. The number of hydrogen-bond donors (Lipinski definition) is 1. The molecule has 0 aromatic heterocycles. The van der Waals surface area contributed by atoms with E-state index in [1.165, 1.54) is 6.21 Å². The van der Waals surface area contributed by atoms with Gasteiger partial charge in [-0.3, -0.25) is 4.79 Å². The number of ether oxygens (including phenoxy) is 1. The van der Waals surface area contributed by atoms with Crippen molar-refractivity contribution in [1.82, 2.24) is 5.43 Å². The van der Waals surface area contributed by atoms with Gasteiger partial charge in [-0.2, -0.15) is 5.10 Å². The van der Waals surface area contributed by atoms with Crippen LogP contribution < -0.4 is 10.2 Å². The van der Waals surface area contributed by atoms with E-state index in [0.29, 0.717) is 27.5 Å². The second-order valence-corrected chi connectivity index (χ2v) is 7.13. The average Bonchev–Trinajstić information content (AvgIpc) is 2.80. The van der Waals surface area contributed by atoms with Gasteiger partial charge in [0.25, 0.3) is 5.91 Å². The Morgan fingerprint density at radius 3 is 2.29 bits per heavy atom. The monoisotopic (exact) mass is 428 g/mol. The highest BCUT2D eigenvalue weighted by Crippen LogP contribution is 2.19. The van der Waals surface area contributed by atoms with Crippen LogP contribution in [0.25, 0.3) is 10.8 Å². The normalized spacial score (nSPS) is 10.9. The topological polar surface area (TPSA) is 67.8 Å². The fourth-order valence-corrected chi connectivity index (χ4v) is 3.11. The molecule has 0 bridgehead atoms. The molecule has 0 atom stereocenters. The van der Waals surface area contributed by atoms with Gasteiger partial charge >= 0.3 is 5.97 Å². The summed E-state index contributed by atoms with van der Waals surface area (Å²) in [5.41, 5.74) is 3.93. The quantitative estimate of drug-likeness (QED) is 0.198. The Balaban J connectivity index is 1.45. The Kier molecular flexibility index (Phi) is 6.05. The molecule has 0 aliphatic carbocycles. The second-order valence-electron chi connectivity index (χ2n) is 6.70. The molecule has 5 nitrogen and oxygen atoms in total. The van der Waals surface area contributed by atoms with Crippen molar-refractivity contribution < 1.29 is 14.3 Å². The number of carbonyl (C=O) groups excluding carboxylic acids is 2. The van der Waals surface area contributed by atoms with Crippen LogP contribution in [0.3, 0.4) is 0 Å². The van der Waals surface area contributed by atoms with Crippen LogP contribution >= 0.6 is 11.6 Å². The number of nitrogens with zero attached hydrogens (tertiary/aromatic N) is 1. The minimum Gasteiger partial charge on any atom is -0.422 e. The van der Waals surface area contributed by atoms with Crippen LogP contribution in [0, 0.1) is 0 Å². The molecule has 1 amide bonds. The summed E-state index contributed by atoms with van der Waals surface area (Å²) in [5.74, 6) is -0.526. The SMILES string of the molecule is O=C(N/N=C\c1ccccc1OC(=O)c1ccc(Cl)cc1)c1ccc2ccccc2c1. The zero-order chi connectivity index (χ0) is 21.6. The molecular formula is C25H17ClN2O3. The van der Waals surface area contributed by atoms with E-state index in [9.17, 15) is 9.59 Å². The summed E-state index contributed by atoms with van der Waals surface area (Å²) in [7, 11) is 0. The van der Waals surface area contributed by atoms with E-state index >= 15 is 0 Å². The largest absolute Gasteiger partial charge is 0.422 e. The number of esters is 1. The van der Waals surface area contributed by atoms with Crippen molar-refractivity contribution in [3.05, 3.63) is 113 Å². The van der Waals surface area contributed by atoms with E-state index in [1.807, 2.05) is 36.4 Å². The number of amides is 1. The summed E-state index contributed by atoms with van der Waals surface area (Å²) in [6.07, 6.45) is 1.43. The number of carbonyl (C=O) groups is 2. The first-order valence-corrected chi connectivity index (χ1v) is 9.87. The maximum absolute atomic E-state index is 12.4. The molecule has 0 aliphatic rings. The second kappa shape index (κ2) is 9.24. The van der Waals surface area contributed by atoms with Gasteiger partial charge in [-0.1, -0.05) is 54.1 Å². The van der Waals surface area contributed by atoms with Gasteiger partial charge in [0.05, 0.1) is 11.8 Å². The van der Waals surface area contributed by atoms with Crippen LogP contribution in [0.4, 0.5) is 0 Å². The number of hydrazone groups is 1. The number of benzene rings is 4. The van der Waals surface area contributed by atoms with Gasteiger partial charge in [-0.05, 0) is 59.3 Å². The van der Waals surface area contributed by atoms with Gasteiger partial charge in [-0.25, -0.2) is 10.2 Å². The third-order valence-electron chi connectivity index (χ3n) is 4.58. The van der Waals surface area contributed by atoms with E-state index in [2.05, 4.69) is 10.5 Å². The zero-order valence-corrected chi connectivity index (χ0v) is 17.0. The molecule has 0 unspecified atom stereocenters. The molecule has 6 heteroatoms. The minimum atomic E-state index is -0.516. The molecule has 0 radical (unpaired) electrons. The average molecular weight is 429 g/mol. The lowest BCUT2D eigenvalue weighted by atomic mass is 10.1. The first kappa shape index (κ1) is 20.3. The maximum atomic E-state index is 12.4. The first-order chi connectivity index (χ1) is 15.1. The molecule has 0 heterocycles. The van der Waals surface area contributed by atoms with E-state index in [1.54, 1.807) is 54.6 Å². The summed E-state index contributed by atoms with van der Waals surface area (Å²) in [6, 6.07) is 26.6. The Bertz CT molecular complexity index is 1280. The van der Waals surface area contributed by atoms with Crippen LogP contribution in [0.1, 0.15) is 26.3 Å². The predicted molar refractivity (Wildman–Crippen MR) is 122 cm³/mol. The zero-order valence-electron chi connectivity index (χ0n) is 16.3. The van der Waals surface area contributed by atoms with Gasteiger partial charge in [0.1, 0.15) is 5.75 Å². The van der Waals surface area contributed by atoms with Crippen LogP contribution in [0.5, 0.6) is 5.75 Å². The van der Waals surface area contributed by atoms with Crippen LogP contribution in [0.2, 0.25) is 5.02 Å². The third kappa shape index (κ3) is 4.97. The molecule has 31 heavy (non-hydrogen) atoms. The van der Waals surface area contributed by atoms with E-state index in [4.69, 9.17) is 16.3 Å². The Labute approximate surface area is 183 Å². The maximum Gasteiger partial charge on any atom is 0.343 e. The van der Waals surface area contributed by atoms with Crippen LogP contribution in [-0.2, 0) is 0 Å². The van der Waals surface area contributed by atoms with Gasteiger partial charge < -0.3 is 4.74 Å². The highest BCUT2D eigenvalue weighted by atomic mass is 35.5. The van der Waals surface area contributed by atoms with Gasteiger partial charge in [0.15, 0.2) is 0 Å². The lowest BCUT2D eigenvalue weighted by molar-refractivity contribution is 0.0734. The number of para-hydroxylation sites is 1. The molecule has 4 rings (SSSR count). The summed E-state index contributed by atoms with van der Waals surface area (Å²) in [4.78, 5) is 24.8. The van der Waals surface area contributed by atoms with Crippen molar-refractivity contribution in [3.63, 3.8) is 0 Å². The number of nitrogens with one attached hydrogen (secondary N) is 1. The minimum absolute atomic E-state index is 0.325. The molecular weight excluding hydrogens is 412 g/mol. The summed E-state index contributed by atoms with van der Waals surface area (Å²) >= 11 is 5.85. The molecule has 152 valence electrons. The van der Waals surface area contributed by atoms with E-state index in [0.717, 1.165) is 10.8 Å². The van der Waals surface area contributed by atoms with Gasteiger partial charge in [-0.15, -0.1) is 0 Å². The summed E-state index contributed by atoms with van der Waals surface area (Å²) < 4.78 is 5.48. The smallest absolute Gasteiger partial charge is 0.343 e. The van der Waals surface area contributed by atoms with Crippen molar-refractivity contribution in [2.45, 2.75) is 0 Å².